The normalized spacial score (nSPS) is 23.9. The van der Waals surface area contributed by atoms with Gasteiger partial charge in [-0.15, -0.1) is 0 Å². The van der Waals surface area contributed by atoms with Crippen LogP contribution < -0.4 is 0 Å². The van der Waals surface area contributed by atoms with Crippen LogP contribution in [0.3, 0.4) is 0 Å². The summed E-state index contributed by atoms with van der Waals surface area (Å²) in [5.41, 5.74) is -0.679. The molecule has 0 amide bonds. The Labute approximate surface area is 130 Å². The predicted molar refractivity (Wildman–Crippen MR) is 86.2 cm³/mol. The van der Waals surface area contributed by atoms with Gasteiger partial charge in [-0.05, 0) is 64.7 Å². The molecule has 0 spiro atoms. The van der Waals surface area contributed by atoms with Crippen LogP contribution in [0.1, 0.15) is 79.6 Å². The minimum atomic E-state index is -0.390. The Balaban J connectivity index is 2.81. The van der Waals surface area contributed by atoms with E-state index in [2.05, 4.69) is 13.8 Å². The van der Waals surface area contributed by atoms with E-state index in [-0.39, 0.29) is 17.0 Å². The van der Waals surface area contributed by atoms with Gasteiger partial charge in [0, 0.05) is 7.11 Å². The van der Waals surface area contributed by atoms with E-state index in [9.17, 15) is 4.79 Å². The van der Waals surface area contributed by atoms with Crippen molar-refractivity contribution in [1.29, 1.82) is 0 Å². The van der Waals surface area contributed by atoms with Gasteiger partial charge in [0.1, 0.15) is 5.60 Å². The quantitative estimate of drug-likeness (QED) is 0.637. The maximum atomic E-state index is 12.5. The van der Waals surface area contributed by atoms with Crippen molar-refractivity contribution in [1.82, 2.24) is 0 Å². The van der Waals surface area contributed by atoms with Gasteiger partial charge in [-0.2, -0.15) is 0 Å². The Morgan fingerprint density at radius 1 is 1.00 bits per heavy atom. The average molecular weight is 298 g/mol. The Hall–Kier alpha value is -0.570. The van der Waals surface area contributed by atoms with Crippen LogP contribution in [0.4, 0.5) is 0 Å². The van der Waals surface area contributed by atoms with Crippen molar-refractivity contribution in [2.45, 2.75) is 91.3 Å². The fourth-order valence-corrected chi connectivity index (χ4v) is 3.35. The smallest absolute Gasteiger partial charge is 0.312 e. The zero-order valence-electron chi connectivity index (χ0n) is 14.8. The Kier molecular flexibility index (Phi) is 6.71. The third kappa shape index (κ3) is 4.21. The molecule has 0 unspecified atom stereocenters. The fourth-order valence-electron chi connectivity index (χ4n) is 3.35. The van der Waals surface area contributed by atoms with Crippen molar-refractivity contribution in [3.8, 4) is 0 Å². The number of methoxy groups -OCH3 is 1. The van der Waals surface area contributed by atoms with E-state index in [1.54, 1.807) is 7.11 Å². The molecule has 0 aromatic heterocycles. The third-order valence-corrected chi connectivity index (χ3v) is 5.68. The average Bonchev–Trinajstić information content (AvgIpc) is 2.52. The molecule has 0 atom stereocenters. The van der Waals surface area contributed by atoms with E-state index in [0.29, 0.717) is 12.0 Å². The zero-order chi connectivity index (χ0) is 16.1. The number of hydrogen-bond acceptors (Lipinski definition) is 3. The van der Waals surface area contributed by atoms with Crippen molar-refractivity contribution in [3.63, 3.8) is 0 Å². The molecule has 0 aliphatic heterocycles. The van der Waals surface area contributed by atoms with Gasteiger partial charge in [0.05, 0.1) is 11.5 Å². The number of ether oxygens (including phenoxy) is 2. The number of esters is 1. The van der Waals surface area contributed by atoms with Gasteiger partial charge in [-0.25, -0.2) is 0 Å². The van der Waals surface area contributed by atoms with E-state index in [4.69, 9.17) is 9.47 Å². The van der Waals surface area contributed by atoms with Gasteiger partial charge in [-0.1, -0.05) is 20.8 Å². The molecule has 0 saturated heterocycles. The topological polar surface area (TPSA) is 35.5 Å². The van der Waals surface area contributed by atoms with Crippen molar-refractivity contribution < 1.29 is 14.3 Å². The lowest BCUT2D eigenvalue weighted by Gasteiger charge is -2.43. The second-order valence-electron chi connectivity index (χ2n) is 7.11. The minimum Gasteiger partial charge on any atom is -0.458 e. The van der Waals surface area contributed by atoms with Gasteiger partial charge >= 0.3 is 5.97 Å². The highest BCUT2D eigenvalue weighted by Crippen LogP contribution is 2.41. The second-order valence-corrected chi connectivity index (χ2v) is 7.11. The molecule has 124 valence electrons. The Bertz CT molecular complexity index is 323. The summed E-state index contributed by atoms with van der Waals surface area (Å²) >= 11 is 0. The molecule has 0 radical (unpaired) electrons. The fraction of sp³-hybridized carbons (Fsp3) is 0.944. The van der Waals surface area contributed by atoms with Crippen molar-refractivity contribution in [2.75, 3.05) is 7.11 Å². The third-order valence-electron chi connectivity index (χ3n) is 5.68. The lowest BCUT2D eigenvalue weighted by Crippen LogP contribution is -2.46. The first kappa shape index (κ1) is 18.5. The van der Waals surface area contributed by atoms with Crippen LogP contribution in [0.25, 0.3) is 0 Å². The second kappa shape index (κ2) is 7.62. The number of carbonyl (C=O) groups excluding carboxylic acids is 1. The molecule has 3 nitrogen and oxygen atoms in total. The zero-order valence-corrected chi connectivity index (χ0v) is 14.8. The first-order chi connectivity index (χ1) is 9.85. The molecular weight excluding hydrogens is 264 g/mol. The molecule has 1 fully saturated rings. The molecule has 0 heterocycles. The summed E-state index contributed by atoms with van der Waals surface area (Å²) in [6.07, 6.45) is 7.35. The summed E-state index contributed by atoms with van der Waals surface area (Å²) in [6.45, 7) is 10.3. The van der Waals surface area contributed by atoms with Gasteiger partial charge in [-0.3, -0.25) is 4.79 Å². The van der Waals surface area contributed by atoms with Crippen LogP contribution in [-0.2, 0) is 14.3 Å². The number of carbonyl (C=O) groups is 1. The number of hydrogen-bond donors (Lipinski definition) is 0. The first-order valence-corrected chi connectivity index (χ1v) is 8.61. The largest absolute Gasteiger partial charge is 0.458 e. The van der Waals surface area contributed by atoms with Gasteiger partial charge in [0.15, 0.2) is 0 Å². The Morgan fingerprint density at radius 3 is 1.90 bits per heavy atom. The van der Waals surface area contributed by atoms with Gasteiger partial charge in [0.2, 0.25) is 0 Å². The molecule has 1 aliphatic carbocycles. The molecule has 0 N–H and O–H groups in total. The van der Waals surface area contributed by atoms with E-state index < -0.39 is 0 Å². The van der Waals surface area contributed by atoms with Crippen molar-refractivity contribution in [2.24, 2.45) is 11.3 Å². The summed E-state index contributed by atoms with van der Waals surface area (Å²) in [7, 11) is 1.79. The van der Waals surface area contributed by atoms with Gasteiger partial charge < -0.3 is 9.47 Å². The summed E-state index contributed by atoms with van der Waals surface area (Å²) in [4.78, 5) is 12.5. The molecule has 0 aromatic carbocycles. The number of rotatable bonds is 7. The molecule has 1 rings (SSSR count). The highest BCUT2D eigenvalue weighted by atomic mass is 16.6. The van der Waals surface area contributed by atoms with Crippen LogP contribution in [0.5, 0.6) is 0 Å². The van der Waals surface area contributed by atoms with E-state index >= 15 is 0 Å². The summed E-state index contributed by atoms with van der Waals surface area (Å²) < 4.78 is 11.6. The lowest BCUT2D eigenvalue weighted by atomic mass is 9.73. The molecule has 1 saturated carbocycles. The van der Waals surface area contributed by atoms with Crippen LogP contribution in [0.2, 0.25) is 0 Å². The van der Waals surface area contributed by atoms with E-state index in [0.717, 1.165) is 44.9 Å². The molecule has 1 aliphatic rings. The van der Waals surface area contributed by atoms with E-state index in [1.165, 1.54) is 0 Å². The van der Waals surface area contributed by atoms with Crippen LogP contribution in [0, 0.1) is 11.3 Å². The van der Waals surface area contributed by atoms with Crippen molar-refractivity contribution in [3.05, 3.63) is 0 Å². The maximum Gasteiger partial charge on any atom is 0.312 e. The summed E-state index contributed by atoms with van der Waals surface area (Å²) in [5.74, 6) is 0.429. The molecule has 0 aromatic rings. The van der Waals surface area contributed by atoms with Crippen LogP contribution in [-0.4, -0.2) is 24.8 Å². The molecule has 3 heteroatoms. The lowest BCUT2D eigenvalue weighted by molar-refractivity contribution is -0.181. The highest BCUT2D eigenvalue weighted by Gasteiger charge is 2.43. The maximum absolute atomic E-state index is 12.5. The van der Waals surface area contributed by atoms with E-state index in [1.807, 2.05) is 20.8 Å². The molecule has 0 bridgehead atoms. The van der Waals surface area contributed by atoms with Crippen molar-refractivity contribution >= 4 is 5.97 Å². The highest BCUT2D eigenvalue weighted by molar-refractivity contribution is 5.76. The first-order valence-electron chi connectivity index (χ1n) is 8.61. The molecule has 21 heavy (non-hydrogen) atoms. The molecular formula is C18H34O3. The summed E-state index contributed by atoms with van der Waals surface area (Å²) in [6, 6.07) is 0. The SMILES string of the molecule is CCC(C)(C)C(=O)OC(CC)(CC)C1CCC(OC)CC1. The minimum absolute atomic E-state index is 0.0393. The van der Waals surface area contributed by atoms with Crippen LogP contribution in [0.15, 0.2) is 0 Å². The monoisotopic (exact) mass is 298 g/mol. The van der Waals surface area contributed by atoms with Gasteiger partial charge in [0.25, 0.3) is 0 Å². The predicted octanol–water partition coefficient (Wildman–Crippen LogP) is 4.73. The summed E-state index contributed by atoms with van der Waals surface area (Å²) in [5, 5.41) is 0. The standard InChI is InChI=1S/C18H34O3/c1-7-17(4,5)16(19)21-18(8-2,9-3)14-10-12-15(20-6)13-11-14/h14-15H,7-13H2,1-6H3. The Morgan fingerprint density at radius 2 is 1.52 bits per heavy atom. The van der Waals surface area contributed by atoms with Crippen LogP contribution >= 0.6 is 0 Å².